The Kier molecular flexibility index (Phi) is 6.95. The predicted octanol–water partition coefficient (Wildman–Crippen LogP) is 4.16. The Bertz CT molecular complexity index is 847. The van der Waals surface area contributed by atoms with Crippen LogP contribution >= 0.6 is 23.4 Å². The summed E-state index contributed by atoms with van der Waals surface area (Å²) in [5.41, 5.74) is 2.50. The predicted molar refractivity (Wildman–Crippen MR) is 109 cm³/mol. The molecule has 0 saturated carbocycles. The smallest absolute Gasteiger partial charge is 0.302 e. The van der Waals surface area contributed by atoms with Gasteiger partial charge in [0.05, 0.1) is 0 Å². The first-order valence-electron chi connectivity index (χ1n) is 9.45. The Labute approximate surface area is 168 Å². The van der Waals surface area contributed by atoms with Crippen LogP contribution in [-0.4, -0.2) is 34.1 Å². The molecule has 2 aromatic rings. The fourth-order valence-corrected chi connectivity index (χ4v) is 4.95. The summed E-state index contributed by atoms with van der Waals surface area (Å²) < 4.78 is 15.9. The third kappa shape index (κ3) is 4.55. The van der Waals surface area contributed by atoms with Crippen molar-refractivity contribution < 1.29 is 4.39 Å². The molecule has 0 N–H and O–H groups in total. The zero-order valence-corrected chi connectivity index (χ0v) is 17.4. The van der Waals surface area contributed by atoms with Gasteiger partial charge >= 0.3 is 5.69 Å². The second-order valence-electron chi connectivity index (χ2n) is 6.65. The summed E-state index contributed by atoms with van der Waals surface area (Å²) in [7, 11) is 0. The van der Waals surface area contributed by atoms with E-state index in [1.54, 1.807) is 12.1 Å². The lowest BCUT2D eigenvalue weighted by molar-refractivity contribution is 0.286. The number of thioether (sulfide) groups is 1. The number of aromatic nitrogens is 2. The standard InChI is InChI=1S/C20H25ClFN3OS/c1-3-24(4-2)11-12-25-18-10-5-7-14(18)19(23-20(25)26)27-13-15-16(21)8-6-9-17(15)22/h6,8-9H,3-5,7,10-13H2,1-2H3. The zero-order valence-electron chi connectivity index (χ0n) is 15.8. The summed E-state index contributed by atoms with van der Waals surface area (Å²) in [5.74, 6) is 0.0487. The molecule has 27 heavy (non-hydrogen) atoms. The minimum absolute atomic E-state index is 0.204. The second-order valence-corrected chi connectivity index (χ2v) is 8.02. The lowest BCUT2D eigenvalue weighted by Crippen LogP contribution is -2.34. The molecule has 0 aliphatic heterocycles. The molecule has 1 aromatic carbocycles. The quantitative estimate of drug-likeness (QED) is 0.484. The topological polar surface area (TPSA) is 38.1 Å². The molecular weight excluding hydrogens is 385 g/mol. The normalized spacial score (nSPS) is 13.4. The second kappa shape index (κ2) is 9.22. The molecule has 0 atom stereocenters. The van der Waals surface area contributed by atoms with Crippen LogP contribution in [0.15, 0.2) is 28.0 Å². The van der Waals surface area contributed by atoms with Crippen LogP contribution in [0.5, 0.6) is 0 Å². The molecule has 1 heterocycles. The van der Waals surface area contributed by atoms with Gasteiger partial charge in [0, 0.05) is 40.7 Å². The molecule has 0 saturated heterocycles. The molecule has 1 aromatic heterocycles. The number of rotatable bonds is 8. The van der Waals surface area contributed by atoms with Crippen molar-refractivity contribution in [1.82, 2.24) is 14.5 Å². The highest BCUT2D eigenvalue weighted by Crippen LogP contribution is 2.33. The van der Waals surface area contributed by atoms with Gasteiger partial charge in [-0.3, -0.25) is 4.57 Å². The fourth-order valence-electron chi connectivity index (χ4n) is 3.53. The van der Waals surface area contributed by atoms with Gasteiger partial charge in [0.2, 0.25) is 0 Å². The molecule has 7 heteroatoms. The van der Waals surface area contributed by atoms with Crippen LogP contribution in [0.4, 0.5) is 4.39 Å². The monoisotopic (exact) mass is 409 g/mol. The summed E-state index contributed by atoms with van der Waals surface area (Å²) in [4.78, 5) is 19.3. The molecule has 4 nitrogen and oxygen atoms in total. The molecule has 0 fully saturated rings. The van der Waals surface area contributed by atoms with Crippen molar-refractivity contribution in [1.29, 1.82) is 0 Å². The van der Waals surface area contributed by atoms with Crippen LogP contribution in [0.1, 0.15) is 37.1 Å². The highest BCUT2D eigenvalue weighted by molar-refractivity contribution is 7.98. The first-order valence-corrected chi connectivity index (χ1v) is 10.8. The van der Waals surface area contributed by atoms with Crippen molar-refractivity contribution in [3.63, 3.8) is 0 Å². The van der Waals surface area contributed by atoms with Crippen LogP contribution in [-0.2, 0) is 25.1 Å². The van der Waals surface area contributed by atoms with Crippen LogP contribution in [0, 0.1) is 5.82 Å². The molecule has 3 rings (SSSR count). The van der Waals surface area contributed by atoms with E-state index in [2.05, 4.69) is 23.7 Å². The van der Waals surface area contributed by atoms with Gasteiger partial charge in [-0.15, -0.1) is 11.8 Å². The third-order valence-electron chi connectivity index (χ3n) is 5.15. The lowest BCUT2D eigenvalue weighted by atomic mass is 10.2. The first-order chi connectivity index (χ1) is 13.0. The van der Waals surface area contributed by atoms with Crippen molar-refractivity contribution in [2.45, 2.75) is 50.4 Å². The lowest BCUT2D eigenvalue weighted by Gasteiger charge is -2.20. The zero-order chi connectivity index (χ0) is 19.4. The van der Waals surface area contributed by atoms with E-state index < -0.39 is 0 Å². The maximum absolute atomic E-state index is 14.0. The van der Waals surface area contributed by atoms with E-state index in [9.17, 15) is 9.18 Å². The van der Waals surface area contributed by atoms with Gasteiger partial charge < -0.3 is 4.90 Å². The number of benzene rings is 1. The average molecular weight is 410 g/mol. The molecule has 0 amide bonds. The van der Waals surface area contributed by atoms with Gasteiger partial charge in [-0.1, -0.05) is 31.5 Å². The van der Waals surface area contributed by atoms with E-state index in [0.717, 1.165) is 55.2 Å². The maximum atomic E-state index is 14.0. The summed E-state index contributed by atoms with van der Waals surface area (Å²) in [6, 6.07) is 4.69. The maximum Gasteiger partial charge on any atom is 0.348 e. The first kappa shape index (κ1) is 20.4. The number of hydrogen-bond acceptors (Lipinski definition) is 4. The highest BCUT2D eigenvalue weighted by atomic mass is 35.5. The van der Waals surface area contributed by atoms with Crippen molar-refractivity contribution in [3.05, 3.63) is 56.3 Å². The number of halogens is 2. The number of likely N-dealkylation sites (N-methyl/N-ethyl adjacent to an activating group) is 1. The van der Waals surface area contributed by atoms with E-state index in [1.807, 2.05) is 4.57 Å². The van der Waals surface area contributed by atoms with Crippen LogP contribution in [0.3, 0.4) is 0 Å². The Balaban J connectivity index is 1.83. The van der Waals surface area contributed by atoms with Gasteiger partial charge in [0.25, 0.3) is 0 Å². The van der Waals surface area contributed by atoms with E-state index in [0.29, 0.717) is 22.9 Å². The highest BCUT2D eigenvalue weighted by Gasteiger charge is 2.22. The summed E-state index contributed by atoms with van der Waals surface area (Å²) in [6.45, 7) is 7.71. The Morgan fingerprint density at radius 3 is 2.78 bits per heavy atom. The van der Waals surface area contributed by atoms with Crippen LogP contribution in [0.2, 0.25) is 5.02 Å². The van der Waals surface area contributed by atoms with Gasteiger partial charge in [-0.05, 0) is 44.5 Å². The van der Waals surface area contributed by atoms with Gasteiger partial charge in [-0.25, -0.2) is 9.18 Å². The summed E-state index contributed by atoms with van der Waals surface area (Å²) >= 11 is 7.53. The van der Waals surface area contributed by atoms with Crippen LogP contribution < -0.4 is 5.69 Å². The Hall–Kier alpha value is -1.37. The van der Waals surface area contributed by atoms with E-state index >= 15 is 0 Å². The molecule has 146 valence electrons. The van der Waals surface area contributed by atoms with Gasteiger partial charge in [0.1, 0.15) is 10.8 Å². The summed E-state index contributed by atoms with van der Waals surface area (Å²) in [5, 5.41) is 1.14. The molecule has 1 aliphatic carbocycles. The molecular formula is C20H25ClFN3OS. The van der Waals surface area contributed by atoms with E-state index in [-0.39, 0.29) is 11.5 Å². The van der Waals surface area contributed by atoms with Gasteiger partial charge in [0.15, 0.2) is 0 Å². The third-order valence-corrected chi connectivity index (χ3v) is 6.55. The van der Waals surface area contributed by atoms with E-state index in [4.69, 9.17) is 11.6 Å². The number of hydrogen-bond donors (Lipinski definition) is 0. The summed E-state index contributed by atoms with van der Waals surface area (Å²) in [6.07, 6.45) is 2.85. The average Bonchev–Trinajstić information content (AvgIpc) is 3.13. The minimum Gasteiger partial charge on any atom is -0.302 e. The Morgan fingerprint density at radius 1 is 1.30 bits per heavy atom. The van der Waals surface area contributed by atoms with Crippen molar-refractivity contribution in [2.75, 3.05) is 19.6 Å². The van der Waals surface area contributed by atoms with Crippen molar-refractivity contribution >= 4 is 23.4 Å². The largest absolute Gasteiger partial charge is 0.348 e. The fraction of sp³-hybridized carbons (Fsp3) is 0.500. The number of fused-ring (bicyclic) bond motifs is 1. The molecule has 0 bridgehead atoms. The van der Waals surface area contributed by atoms with Gasteiger partial charge in [-0.2, -0.15) is 4.98 Å². The molecule has 1 aliphatic rings. The van der Waals surface area contributed by atoms with Crippen molar-refractivity contribution in [3.8, 4) is 0 Å². The Morgan fingerprint density at radius 2 is 2.07 bits per heavy atom. The molecule has 0 spiro atoms. The minimum atomic E-state index is -0.320. The van der Waals surface area contributed by atoms with Crippen molar-refractivity contribution in [2.24, 2.45) is 0 Å². The molecule has 0 unspecified atom stereocenters. The number of nitrogens with zero attached hydrogens (tertiary/aromatic N) is 3. The van der Waals surface area contributed by atoms with Crippen LogP contribution in [0.25, 0.3) is 0 Å². The SMILES string of the molecule is CCN(CC)CCn1c2c(c(SCc3c(F)cccc3Cl)nc1=O)CCC2. The van der Waals surface area contributed by atoms with E-state index in [1.165, 1.54) is 17.8 Å². The molecule has 0 radical (unpaired) electrons.